The molecule has 378 valence electrons. The summed E-state index contributed by atoms with van der Waals surface area (Å²) in [5.74, 6) is 1.14. The molecule has 2 amide bonds. The van der Waals surface area contributed by atoms with E-state index >= 15 is 0 Å². The molecule has 8 rings (SSSR count). The van der Waals surface area contributed by atoms with E-state index in [1.54, 1.807) is 44.8 Å². The number of anilines is 1. The van der Waals surface area contributed by atoms with Crippen molar-refractivity contribution < 1.29 is 37.6 Å². The zero-order valence-electron chi connectivity index (χ0n) is 41.9. The number of fused-ring (bicyclic) bond motifs is 1. The van der Waals surface area contributed by atoms with Crippen LogP contribution in [0.25, 0.3) is 11.2 Å². The van der Waals surface area contributed by atoms with Gasteiger partial charge in [-0.3, -0.25) is 14.2 Å². The van der Waals surface area contributed by atoms with E-state index in [1.165, 1.54) is 6.33 Å². The van der Waals surface area contributed by atoms with Gasteiger partial charge in [-0.05, 0) is 91.9 Å². The maximum atomic E-state index is 13.7. The van der Waals surface area contributed by atoms with Crippen molar-refractivity contribution in [1.82, 2.24) is 29.5 Å². The highest BCUT2D eigenvalue weighted by atomic mass is 31.2. The van der Waals surface area contributed by atoms with Crippen LogP contribution in [0.5, 0.6) is 11.5 Å². The molecule has 2 N–H and O–H groups in total. The van der Waals surface area contributed by atoms with Crippen LogP contribution in [0.4, 0.5) is 5.82 Å². The van der Waals surface area contributed by atoms with Crippen LogP contribution in [-0.2, 0) is 41.9 Å². The summed E-state index contributed by atoms with van der Waals surface area (Å²) in [7, 11) is 1.58. The third-order valence-electron chi connectivity index (χ3n) is 12.5. The van der Waals surface area contributed by atoms with Crippen molar-refractivity contribution >= 4 is 37.3 Å². The molecule has 0 radical (unpaired) electrons. The molecule has 16 nitrogen and oxygen atoms in total. The van der Waals surface area contributed by atoms with Crippen LogP contribution in [-0.4, -0.2) is 87.7 Å². The Kier molecular flexibility index (Phi) is 17.6. The first-order valence-corrected chi connectivity index (χ1v) is 25.4. The Morgan fingerprint density at radius 1 is 0.808 bits per heavy atom. The average Bonchev–Trinajstić information content (AvgIpc) is 4.03. The van der Waals surface area contributed by atoms with Gasteiger partial charge in [-0.15, -0.1) is 0 Å². The lowest BCUT2D eigenvalue weighted by Crippen LogP contribution is -2.39. The Bertz CT molecular complexity index is 2880. The van der Waals surface area contributed by atoms with E-state index in [-0.39, 0.29) is 49.9 Å². The molecule has 73 heavy (non-hydrogen) atoms. The summed E-state index contributed by atoms with van der Waals surface area (Å²) in [6, 6.07) is 44.6. The number of imidazole rings is 1. The molecule has 1 saturated heterocycles. The van der Waals surface area contributed by atoms with E-state index < -0.39 is 38.5 Å². The fourth-order valence-corrected chi connectivity index (χ4v) is 10.7. The molecule has 7 aromatic rings. The number of nitrogens with one attached hydrogen (secondary N) is 2. The van der Waals surface area contributed by atoms with Crippen LogP contribution in [0.2, 0.25) is 0 Å². The normalized spacial score (nSPS) is 16.1. The van der Waals surface area contributed by atoms with E-state index in [1.807, 2.05) is 114 Å². The number of amides is 2. The van der Waals surface area contributed by atoms with Crippen LogP contribution >= 0.6 is 8.53 Å². The molecule has 1 aliphatic rings. The molecule has 0 spiro atoms. The van der Waals surface area contributed by atoms with E-state index in [0.717, 1.165) is 27.8 Å². The standard InChI is InChI=1S/C56H61N8O8P/c1-38(2)64(39(3)4)73(70-31-13-30-57)72-48-33-51(71-49(48)35-69-56(43-16-11-8-12-17-43,44-22-26-46(67-5)27-23-44)45-24-28-47(68-6)29-25-45)63-37-61-52-53(59-36-60-54(52)63)62-55(66)42-20-18-41(19-21-42)34-58-50(65)32-40-14-9-7-10-15-40/h7-12,14-29,36-39,48-49,51H,13,31-35H2,1-6H3,(H,58,65)(H,59,60,62,66)/t48?,49-,51-,73?/m1/s1. The first-order chi connectivity index (χ1) is 35.5. The molecule has 2 aromatic heterocycles. The third-order valence-corrected chi connectivity index (χ3v) is 14.7. The van der Waals surface area contributed by atoms with Gasteiger partial charge in [0.1, 0.15) is 35.8 Å². The second-order valence-electron chi connectivity index (χ2n) is 18.0. The number of carbonyl (C=O) groups is 2. The van der Waals surface area contributed by atoms with Gasteiger partial charge in [-0.1, -0.05) is 97.1 Å². The molecule has 1 aliphatic heterocycles. The van der Waals surface area contributed by atoms with Crippen molar-refractivity contribution in [2.24, 2.45) is 0 Å². The number of carbonyl (C=O) groups excluding carboxylic acids is 2. The summed E-state index contributed by atoms with van der Waals surface area (Å²) in [4.78, 5) is 40.0. The number of benzene rings is 5. The predicted molar refractivity (Wildman–Crippen MR) is 279 cm³/mol. The van der Waals surface area contributed by atoms with Crippen molar-refractivity contribution in [2.75, 3.05) is 32.8 Å². The lowest BCUT2D eigenvalue weighted by Gasteiger charge is -2.39. The highest BCUT2D eigenvalue weighted by Crippen LogP contribution is 2.51. The molecular weight excluding hydrogens is 944 g/mol. The Labute approximate surface area is 427 Å². The Morgan fingerprint density at radius 3 is 2.03 bits per heavy atom. The topological polar surface area (TPSA) is 184 Å². The summed E-state index contributed by atoms with van der Waals surface area (Å²) >= 11 is 0. The number of nitrogens with zero attached hydrogens (tertiary/aromatic N) is 6. The highest BCUT2D eigenvalue weighted by Gasteiger charge is 2.45. The Hall–Kier alpha value is -7.09. The van der Waals surface area contributed by atoms with Gasteiger partial charge in [0.2, 0.25) is 5.91 Å². The summed E-state index contributed by atoms with van der Waals surface area (Å²) in [6.45, 7) is 8.95. The van der Waals surface area contributed by atoms with Crippen molar-refractivity contribution in [3.8, 4) is 17.6 Å². The van der Waals surface area contributed by atoms with Crippen LogP contribution in [0.1, 0.15) is 84.9 Å². The molecule has 0 bridgehead atoms. The number of hydrogen-bond donors (Lipinski definition) is 2. The molecule has 1 fully saturated rings. The lowest BCUT2D eigenvalue weighted by molar-refractivity contribution is -0.120. The Balaban J connectivity index is 1.08. The summed E-state index contributed by atoms with van der Waals surface area (Å²) in [6.07, 6.45) is 1.92. The monoisotopic (exact) mass is 1000 g/mol. The highest BCUT2D eigenvalue weighted by molar-refractivity contribution is 7.44. The number of nitriles is 1. The zero-order chi connectivity index (χ0) is 51.3. The number of hydrogen-bond acceptors (Lipinski definition) is 13. The van der Waals surface area contributed by atoms with Crippen LogP contribution in [0.15, 0.2) is 146 Å². The predicted octanol–water partition coefficient (Wildman–Crippen LogP) is 9.91. The SMILES string of the molecule is COc1ccc(C(OC[C@H]2O[C@@H](n3cnc4c(NC(=O)c5ccc(CNC(=O)Cc6ccccc6)cc5)ncnc43)CC2OP(OCCC#N)N(C(C)C)C(C)C)(c2ccccc2)c2ccc(OC)cc2)cc1. The fraction of sp³-hybridized carbons (Fsp3) is 0.321. The van der Waals surface area contributed by atoms with Crippen molar-refractivity contribution in [1.29, 1.82) is 5.26 Å². The van der Waals surface area contributed by atoms with Crippen molar-refractivity contribution in [3.63, 3.8) is 0 Å². The van der Waals surface area contributed by atoms with Crippen molar-refractivity contribution in [2.45, 2.75) is 89.6 Å². The molecule has 17 heteroatoms. The minimum absolute atomic E-state index is 0.0515. The van der Waals surface area contributed by atoms with Gasteiger partial charge in [0.25, 0.3) is 14.4 Å². The van der Waals surface area contributed by atoms with Crippen LogP contribution in [0.3, 0.4) is 0 Å². The van der Waals surface area contributed by atoms with E-state index in [2.05, 4.69) is 59.0 Å². The Morgan fingerprint density at radius 2 is 1.42 bits per heavy atom. The quantitative estimate of drug-likeness (QED) is 0.0351. The van der Waals surface area contributed by atoms with Crippen molar-refractivity contribution in [3.05, 3.63) is 179 Å². The van der Waals surface area contributed by atoms with Gasteiger partial charge < -0.3 is 38.6 Å². The minimum Gasteiger partial charge on any atom is -0.497 e. The number of aromatic nitrogens is 4. The van der Waals surface area contributed by atoms with Gasteiger partial charge >= 0.3 is 0 Å². The molecule has 0 aliphatic carbocycles. The van der Waals surface area contributed by atoms with Gasteiger partial charge in [0.15, 0.2) is 17.0 Å². The zero-order valence-corrected chi connectivity index (χ0v) is 42.8. The average molecular weight is 1010 g/mol. The number of rotatable bonds is 23. The fourth-order valence-electron chi connectivity index (χ4n) is 8.98. The minimum atomic E-state index is -1.70. The van der Waals surface area contributed by atoms with Gasteiger partial charge in [0, 0.05) is 30.6 Å². The molecule has 3 heterocycles. The smallest absolute Gasteiger partial charge is 0.259 e. The lowest BCUT2D eigenvalue weighted by atomic mass is 9.80. The summed E-state index contributed by atoms with van der Waals surface area (Å²) < 4.78 is 43.2. The van der Waals surface area contributed by atoms with Gasteiger partial charge in [-0.2, -0.15) is 5.26 Å². The molecular formula is C56H61N8O8P. The third kappa shape index (κ3) is 12.4. The second-order valence-corrected chi connectivity index (χ2v) is 19.4. The van der Waals surface area contributed by atoms with Crippen LogP contribution < -0.4 is 20.1 Å². The molecule has 4 atom stereocenters. The maximum Gasteiger partial charge on any atom is 0.259 e. The van der Waals surface area contributed by atoms with Gasteiger partial charge in [0.05, 0.1) is 58.8 Å². The van der Waals surface area contributed by atoms with E-state index in [9.17, 15) is 14.9 Å². The maximum absolute atomic E-state index is 13.7. The molecule has 5 aromatic carbocycles. The van der Waals surface area contributed by atoms with E-state index in [0.29, 0.717) is 41.2 Å². The molecule has 2 unspecified atom stereocenters. The van der Waals surface area contributed by atoms with Crippen LogP contribution in [0, 0.1) is 11.3 Å². The molecule has 0 saturated carbocycles. The first kappa shape index (κ1) is 52.2. The first-order valence-electron chi connectivity index (χ1n) is 24.3. The van der Waals surface area contributed by atoms with E-state index in [4.69, 9.17) is 33.0 Å². The summed E-state index contributed by atoms with van der Waals surface area (Å²) in [5.41, 5.74) is 4.42. The number of methoxy groups -OCH3 is 2. The van der Waals surface area contributed by atoms with Gasteiger partial charge in [-0.25, -0.2) is 19.6 Å². The largest absolute Gasteiger partial charge is 0.497 e. The second kappa shape index (κ2) is 24.6. The summed E-state index contributed by atoms with van der Waals surface area (Å²) in [5, 5.41) is 15.4. The number of ether oxygens (including phenoxy) is 4.